The van der Waals surface area contributed by atoms with Gasteiger partial charge in [-0.15, -0.1) is 0 Å². The Balaban J connectivity index is 2.02. The number of halogens is 2. The number of nitrogens with one attached hydrogen (secondary N) is 2. The van der Waals surface area contributed by atoms with E-state index in [1.807, 2.05) is 24.3 Å². The van der Waals surface area contributed by atoms with Crippen molar-refractivity contribution in [1.82, 2.24) is 0 Å². The van der Waals surface area contributed by atoms with Crippen LogP contribution in [0.15, 0.2) is 40.9 Å². The molecule has 0 aromatic heterocycles. The summed E-state index contributed by atoms with van der Waals surface area (Å²) < 4.78 is 11.4. The third-order valence-electron chi connectivity index (χ3n) is 3.04. The van der Waals surface area contributed by atoms with Crippen LogP contribution in [0.4, 0.5) is 11.4 Å². The molecular weight excluding hydrogens is 384 g/mol. The van der Waals surface area contributed by atoms with E-state index in [0.717, 1.165) is 10.2 Å². The van der Waals surface area contributed by atoms with Gasteiger partial charge in [0.25, 0.3) is 0 Å². The molecule has 0 saturated heterocycles. The third kappa shape index (κ3) is 4.77. The lowest BCUT2D eigenvalue weighted by molar-refractivity contribution is -0.114. The van der Waals surface area contributed by atoms with Crippen molar-refractivity contribution in [2.75, 3.05) is 31.4 Å². The van der Waals surface area contributed by atoms with E-state index in [-0.39, 0.29) is 12.5 Å². The quantitative estimate of drug-likeness (QED) is 0.765. The van der Waals surface area contributed by atoms with Crippen LogP contribution >= 0.6 is 27.5 Å². The van der Waals surface area contributed by atoms with Crippen LogP contribution in [0.5, 0.6) is 11.5 Å². The van der Waals surface area contributed by atoms with Gasteiger partial charge in [-0.2, -0.15) is 0 Å². The van der Waals surface area contributed by atoms with E-state index in [4.69, 9.17) is 21.1 Å². The first-order chi connectivity index (χ1) is 11.0. The number of amides is 1. The molecule has 0 aliphatic rings. The minimum atomic E-state index is -0.178. The molecule has 0 atom stereocenters. The van der Waals surface area contributed by atoms with Gasteiger partial charge in [-0.1, -0.05) is 27.5 Å². The molecule has 2 N–H and O–H groups in total. The van der Waals surface area contributed by atoms with Gasteiger partial charge >= 0.3 is 0 Å². The Bertz CT molecular complexity index is 692. The van der Waals surface area contributed by atoms with E-state index in [9.17, 15) is 4.79 Å². The van der Waals surface area contributed by atoms with Gasteiger partial charge in [-0.3, -0.25) is 4.79 Å². The van der Waals surface area contributed by atoms with E-state index in [1.54, 1.807) is 12.1 Å². The number of anilines is 2. The van der Waals surface area contributed by atoms with Gasteiger partial charge < -0.3 is 20.1 Å². The molecule has 0 heterocycles. The number of carbonyl (C=O) groups is 1. The van der Waals surface area contributed by atoms with Crippen molar-refractivity contribution >= 4 is 44.8 Å². The highest BCUT2D eigenvalue weighted by Gasteiger charge is 2.11. The smallest absolute Gasteiger partial charge is 0.243 e. The van der Waals surface area contributed by atoms with Crippen LogP contribution in [0, 0.1) is 0 Å². The molecule has 1 amide bonds. The zero-order valence-corrected chi connectivity index (χ0v) is 15.0. The van der Waals surface area contributed by atoms with Crippen molar-refractivity contribution in [2.24, 2.45) is 0 Å². The van der Waals surface area contributed by atoms with Gasteiger partial charge in [0, 0.05) is 22.3 Å². The molecule has 5 nitrogen and oxygen atoms in total. The van der Waals surface area contributed by atoms with Crippen molar-refractivity contribution < 1.29 is 14.3 Å². The van der Waals surface area contributed by atoms with Crippen LogP contribution in [-0.4, -0.2) is 26.7 Å². The first kappa shape index (κ1) is 17.4. The second-order valence-electron chi connectivity index (χ2n) is 4.60. The molecule has 0 spiro atoms. The Morgan fingerprint density at radius 2 is 1.78 bits per heavy atom. The number of carbonyl (C=O) groups excluding carboxylic acids is 1. The summed E-state index contributed by atoms with van der Waals surface area (Å²) in [6, 6.07) is 10.7. The number of methoxy groups -OCH3 is 2. The number of hydrogen-bond donors (Lipinski definition) is 2. The Hall–Kier alpha value is -1.92. The molecule has 0 saturated carbocycles. The summed E-state index contributed by atoms with van der Waals surface area (Å²) in [5, 5.41) is 6.25. The molecule has 0 radical (unpaired) electrons. The monoisotopic (exact) mass is 398 g/mol. The zero-order chi connectivity index (χ0) is 16.8. The molecule has 2 rings (SSSR count). The molecule has 0 unspecified atom stereocenters. The topological polar surface area (TPSA) is 59.6 Å². The fraction of sp³-hybridized carbons (Fsp3) is 0.188. The Morgan fingerprint density at radius 1 is 1.13 bits per heavy atom. The van der Waals surface area contributed by atoms with E-state index in [0.29, 0.717) is 22.2 Å². The fourth-order valence-corrected chi connectivity index (χ4v) is 2.41. The highest BCUT2D eigenvalue weighted by Crippen LogP contribution is 2.35. The molecule has 0 aliphatic carbocycles. The molecule has 23 heavy (non-hydrogen) atoms. The van der Waals surface area contributed by atoms with Crippen molar-refractivity contribution in [3.63, 3.8) is 0 Å². The SMILES string of the molecule is COc1cc(NCC(=O)Nc2ccc(Br)cc2)c(OC)cc1Cl. The Labute approximate surface area is 148 Å². The van der Waals surface area contributed by atoms with Crippen LogP contribution < -0.4 is 20.1 Å². The summed E-state index contributed by atoms with van der Waals surface area (Å²) in [6.45, 7) is 0.0806. The molecule has 2 aromatic carbocycles. The molecular formula is C16H16BrClN2O3. The van der Waals surface area contributed by atoms with Crippen molar-refractivity contribution in [2.45, 2.75) is 0 Å². The lowest BCUT2D eigenvalue weighted by atomic mass is 10.2. The maximum atomic E-state index is 12.0. The fourth-order valence-electron chi connectivity index (χ4n) is 1.91. The highest BCUT2D eigenvalue weighted by atomic mass is 79.9. The zero-order valence-electron chi connectivity index (χ0n) is 12.7. The first-order valence-electron chi connectivity index (χ1n) is 6.74. The lowest BCUT2D eigenvalue weighted by Crippen LogP contribution is -2.22. The van der Waals surface area contributed by atoms with Crippen molar-refractivity contribution in [1.29, 1.82) is 0 Å². The van der Waals surface area contributed by atoms with Crippen LogP contribution in [0.2, 0.25) is 5.02 Å². The predicted octanol–water partition coefficient (Wildman–Crippen LogP) is 4.17. The summed E-state index contributed by atoms with van der Waals surface area (Å²) >= 11 is 9.39. The molecule has 0 aliphatic heterocycles. The Kier molecular flexibility index (Phi) is 6.12. The van der Waals surface area contributed by atoms with Crippen molar-refractivity contribution in [3.05, 3.63) is 45.9 Å². The summed E-state index contributed by atoms with van der Waals surface area (Å²) in [5.74, 6) is 0.860. The van der Waals surface area contributed by atoms with Crippen molar-refractivity contribution in [3.8, 4) is 11.5 Å². The summed E-state index contributed by atoms with van der Waals surface area (Å²) in [4.78, 5) is 12.0. The lowest BCUT2D eigenvalue weighted by Gasteiger charge is -2.14. The maximum Gasteiger partial charge on any atom is 0.243 e. The second-order valence-corrected chi connectivity index (χ2v) is 5.92. The predicted molar refractivity (Wildman–Crippen MR) is 95.8 cm³/mol. The number of benzene rings is 2. The van der Waals surface area contributed by atoms with Crippen LogP contribution in [-0.2, 0) is 4.79 Å². The first-order valence-corrected chi connectivity index (χ1v) is 7.91. The number of rotatable bonds is 6. The summed E-state index contributed by atoms with van der Waals surface area (Å²) in [7, 11) is 3.06. The van der Waals surface area contributed by atoms with Crippen LogP contribution in [0.1, 0.15) is 0 Å². The van der Waals surface area contributed by atoms with Gasteiger partial charge in [0.2, 0.25) is 5.91 Å². The maximum absolute atomic E-state index is 12.0. The molecule has 0 fully saturated rings. The average molecular weight is 400 g/mol. The average Bonchev–Trinajstić information content (AvgIpc) is 2.55. The van der Waals surface area contributed by atoms with Gasteiger partial charge in [-0.25, -0.2) is 0 Å². The summed E-state index contributed by atoms with van der Waals surface area (Å²) in [6.07, 6.45) is 0. The number of hydrogen-bond acceptors (Lipinski definition) is 4. The summed E-state index contributed by atoms with van der Waals surface area (Å²) in [5.41, 5.74) is 1.35. The van der Waals surface area contributed by atoms with Crippen LogP contribution in [0.25, 0.3) is 0 Å². The van der Waals surface area contributed by atoms with E-state index >= 15 is 0 Å². The minimum absolute atomic E-state index is 0.0806. The molecule has 0 bridgehead atoms. The van der Waals surface area contributed by atoms with Gasteiger partial charge in [0.1, 0.15) is 11.5 Å². The molecule has 2 aromatic rings. The highest BCUT2D eigenvalue weighted by molar-refractivity contribution is 9.10. The standard InChI is InChI=1S/C16H16BrClN2O3/c1-22-14-8-13(15(23-2)7-12(14)18)19-9-16(21)20-11-5-3-10(17)4-6-11/h3-8,19H,9H2,1-2H3,(H,20,21). The van der Waals surface area contributed by atoms with E-state index < -0.39 is 0 Å². The van der Waals surface area contributed by atoms with Gasteiger partial charge in [-0.05, 0) is 24.3 Å². The van der Waals surface area contributed by atoms with Crippen LogP contribution in [0.3, 0.4) is 0 Å². The van der Waals surface area contributed by atoms with Gasteiger partial charge in [0.05, 0.1) is 31.5 Å². The Morgan fingerprint density at radius 3 is 2.39 bits per heavy atom. The second kappa shape index (κ2) is 8.08. The van der Waals surface area contributed by atoms with E-state index in [1.165, 1.54) is 14.2 Å². The normalized spacial score (nSPS) is 10.1. The minimum Gasteiger partial charge on any atom is -0.495 e. The molecule has 122 valence electrons. The third-order valence-corrected chi connectivity index (χ3v) is 3.87. The van der Waals surface area contributed by atoms with E-state index in [2.05, 4.69) is 26.6 Å². The largest absolute Gasteiger partial charge is 0.495 e. The molecule has 7 heteroatoms. The van der Waals surface area contributed by atoms with Gasteiger partial charge in [0.15, 0.2) is 0 Å². The number of ether oxygens (including phenoxy) is 2.